The van der Waals surface area contributed by atoms with Gasteiger partial charge in [-0.2, -0.15) is 0 Å². The van der Waals surface area contributed by atoms with Crippen LogP contribution in [0.1, 0.15) is 66.1 Å². The SMILES string of the molecule is CS(=O)Cc1cccc(C(=O)NC(CC2CCCCC2)c2ccccc2)c1. The van der Waals surface area contributed by atoms with Crippen molar-refractivity contribution in [3.05, 3.63) is 71.3 Å². The van der Waals surface area contributed by atoms with Gasteiger partial charge in [-0.25, -0.2) is 0 Å². The first-order chi connectivity index (χ1) is 13.1. The lowest BCUT2D eigenvalue weighted by molar-refractivity contribution is 0.0928. The molecule has 144 valence electrons. The van der Waals surface area contributed by atoms with Crippen LogP contribution in [0.4, 0.5) is 0 Å². The normalized spacial score (nSPS) is 17.2. The van der Waals surface area contributed by atoms with Crippen LogP contribution in [0.5, 0.6) is 0 Å². The van der Waals surface area contributed by atoms with Gasteiger partial charge in [-0.3, -0.25) is 9.00 Å². The molecular formula is C23H29NO2S. The molecule has 2 aromatic rings. The first-order valence-corrected chi connectivity index (χ1v) is 11.6. The molecule has 0 saturated heterocycles. The first kappa shape index (κ1) is 19.8. The van der Waals surface area contributed by atoms with Gasteiger partial charge in [0.05, 0.1) is 6.04 Å². The summed E-state index contributed by atoms with van der Waals surface area (Å²) in [6.07, 6.45) is 9.14. The zero-order valence-electron chi connectivity index (χ0n) is 16.0. The fourth-order valence-corrected chi connectivity index (χ4v) is 4.65. The highest BCUT2D eigenvalue weighted by Crippen LogP contribution is 2.32. The Balaban J connectivity index is 1.74. The van der Waals surface area contributed by atoms with E-state index in [9.17, 15) is 9.00 Å². The summed E-state index contributed by atoms with van der Waals surface area (Å²) >= 11 is 0. The average Bonchev–Trinajstić information content (AvgIpc) is 2.68. The van der Waals surface area contributed by atoms with Gasteiger partial charge in [-0.05, 0) is 35.6 Å². The van der Waals surface area contributed by atoms with Crippen molar-refractivity contribution in [1.82, 2.24) is 5.32 Å². The average molecular weight is 384 g/mol. The molecule has 3 rings (SSSR count). The van der Waals surface area contributed by atoms with Crippen LogP contribution in [0.15, 0.2) is 54.6 Å². The van der Waals surface area contributed by atoms with Gasteiger partial charge in [0.2, 0.25) is 0 Å². The lowest BCUT2D eigenvalue weighted by atomic mass is 9.83. The molecule has 2 aromatic carbocycles. The van der Waals surface area contributed by atoms with E-state index in [4.69, 9.17) is 0 Å². The maximum absolute atomic E-state index is 12.9. The van der Waals surface area contributed by atoms with Crippen molar-refractivity contribution in [2.24, 2.45) is 5.92 Å². The zero-order chi connectivity index (χ0) is 19.1. The maximum atomic E-state index is 12.9. The Morgan fingerprint density at radius 1 is 1.07 bits per heavy atom. The quantitative estimate of drug-likeness (QED) is 0.731. The molecule has 0 heterocycles. The lowest BCUT2D eigenvalue weighted by Crippen LogP contribution is -2.30. The predicted octanol–water partition coefficient (Wildman–Crippen LogP) is 5.01. The Hall–Kier alpha value is -1.94. The summed E-state index contributed by atoms with van der Waals surface area (Å²) in [5.74, 6) is 1.10. The third-order valence-electron chi connectivity index (χ3n) is 5.36. The predicted molar refractivity (Wildman–Crippen MR) is 112 cm³/mol. The molecule has 1 aliphatic carbocycles. The first-order valence-electron chi connectivity index (χ1n) is 9.86. The summed E-state index contributed by atoms with van der Waals surface area (Å²) in [7, 11) is -0.915. The van der Waals surface area contributed by atoms with Crippen molar-refractivity contribution in [1.29, 1.82) is 0 Å². The van der Waals surface area contributed by atoms with E-state index in [1.165, 1.54) is 37.7 Å². The highest BCUT2D eigenvalue weighted by atomic mass is 32.2. The van der Waals surface area contributed by atoms with Crippen LogP contribution in [0, 0.1) is 5.92 Å². The molecule has 1 amide bonds. The van der Waals surface area contributed by atoms with Crippen molar-refractivity contribution in [3.8, 4) is 0 Å². The van der Waals surface area contributed by atoms with Crippen LogP contribution < -0.4 is 5.32 Å². The van der Waals surface area contributed by atoms with Crippen LogP contribution in [0.3, 0.4) is 0 Å². The number of hydrogen-bond donors (Lipinski definition) is 1. The summed E-state index contributed by atoms with van der Waals surface area (Å²) in [6, 6.07) is 17.8. The molecule has 1 aliphatic rings. The molecule has 2 unspecified atom stereocenters. The van der Waals surface area contributed by atoms with E-state index in [2.05, 4.69) is 17.4 Å². The molecule has 3 nitrogen and oxygen atoms in total. The van der Waals surface area contributed by atoms with E-state index in [1.807, 2.05) is 42.5 Å². The number of benzene rings is 2. The van der Waals surface area contributed by atoms with E-state index < -0.39 is 10.8 Å². The number of carbonyl (C=O) groups excluding carboxylic acids is 1. The number of rotatable bonds is 7. The van der Waals surface area contributed by atoms with E-state index in [-0.39, 0.29) is 11.9 Å². The third kappa shape index (κ3) is 6.03. The molecule has 0 aromatic heterocycles. The Morgan fingerprint density at radius 3 is 2.52 bits per heavy atom. The van der Waals surface area contributed by atoms with E-state index in [0.717, 1.165) is 12.0 Å². The molecule has 0 aliphatic heterocycles. The number of carbonyl (C=O) groups is 1. The molecule has 1 N–H and O–H groups in total. The van der Waals surface area contributed by atoms with Gasteiger partial charge in [-0.15, -0.1) is 0 Å². The minimum atomic E-state index is -0.915. The standard InChI is InChI=1S/C23H29NO2S/c1-27(26)17-19-11-8-14-21(15-19)23(25)24-22(20-12-6-3-7-13-20)16-18-9-4-2-5-10-18/h3,6-8,11-15,18,22H,2,4-5,9-10,16-17H2,1H3,(H,24,25). The summed E-state index contributed by atoms with van der Waals surface area (Å²) in [5.41, 5.74) is 2.75. The summed E-state index contributed by atoms with van der Waals surface area (Å²) in [4.78, 5) is 12.9. The topological polar surface area (TPSA) is 46.2 Å². The van der Waals surface area contributed by atoms with Crippen molar-refractivity contribution >= 4 is 16.7 Å². The number of nitrogens with one attached hydrogen (secondary N) is 1. The van der Waals surface area contributed by atoms with E-state index in [1.54, 1.807) is 6.26 Å². The second-order valence-electron chi connectivity index (χ2n) is 7.59. The van der Waals surface area contributed by atoms with E-state index in [0.29, 0.717) is 17.2 Å². The molecule has 1 fully saturated rings. The summed E-state index contributed by atoms with van der Waals surface area (Å²) < 4.78 is 11.5. The van der Waals surface area contributed by atoms with E-state index >= 15 is 0 Å². The molecule has 0 bridgehead atoms. The van der Waals surface area contributed by atoms with Crippen molar-refractivity contribution < 1.29 is 9.00 Å². The van der Waals surface area contributed by atoms with Crippen molar-refractivity contribution in [2.75, 3.05) is 6.26 Å². The largest absolute Gasteiger partial charge is 0.345 e. The summed E-state index contributed by atoms with van der Waals surface area (Å²) in [5, 5.41) is 3.26. The smallest absolute Gasteiger partial charge is 0.251 e. The van der Waals surface area contributed by atoms with Gasteiger partial charge in [-0.1, -0.05) is 74.6 Å². The van der Waals surface area contributed by atoms with Crippen LogP contribution in [0.25, 0.3) is 0 Å². The Kier molecular flexibility index (Phi) is 7.22. The van der Waals surface area contributed by atoms with Crippen LogP contribution >= 0.6 is 0 Å². The molecule has 1 saturated carbocycles. The van der Waals surface area contributed by atoms with Crippen LogP contribution in [-0.4, -0.2) is 16.4 Å². The molecule has 2 atom stereocenters. The Labute approximate surface area is 165 Å². The minimum absolute atomic E-state index is 0.0331. The maximum Gasteiger partial charge on any atom is 0.251 e. The van der Waals surface area contributed by atoms with Crippen molar-refractivity contribution in [3.63, 3.8) is 0 Å². The van der Waals surface area contributed by atoms with Crippen LogP contribution in [0.2, 0.25) is 0 Å². The molecule has 27 heavy (non-hydrogen) atoms. The van der Waals surface area contributed by atoms with Crippen LogP contribution in [-0.2, 0) is 16.6 Å². The van der Waals surface area contributed by atoms with Gasteiger partial charge in [0.1, 0.15) is 0 Å². The molecule has 4 heteroatoms. The van der Waals surface area contributed by atoms with Gasteiger partial charge in [0, 0.05) is 28.4 Å². The second-order valence-corrected chi connectivity index (χ2v) is 9.03. The Morgan fingerprint density at radius 2 is 1.81 bits per heavy atom. The van der Waals surface area contributed by atoms with Gasteiger partial charge in [0.25, 0.3) is 5.91 Å². The zero-order valence-corrected chi connectivity index (χ0v) is 16.8. The van der Waals surface area contributed by atoms with Gasteiger partial charge < -0.3 is 5.32 Å². The molecule has 0 spiro atoms. The fourth-order valence-electron chi connectivity index (χ4n) is 4.00. The third-order valence-corrected chi connectivity index (χ3v) is 6.10. The fraction of sp³-hybridized carbons (Fsp3) is 0.435. The monoisotopic (exact) mass is 383 g/mol. The Bertz CT molecular complexity index is 769. The number of hydrogen-bond acceptors (Lipinski definition) is 2. The minimum Gasteiger partial charge on any atom is -0.345 e. The second kappa shape index (κ2) is 9.84. The van der Waals surface area contributed by atoms with Gasteiger partial charge in [0.15, 0.2) is 0 Å². The highest BCUT2D eigenvalue weighted by Gasteiger charge is 2.22. The summed E-state index contributed by atoms with van der Waals surface area (Å²) in [6.45, 7) is 0. The highest BCUT2D eigenvalue weighted by molar-refractivity contribution is 7.83. The molecular weight excluding hydrogens is 354 g/mol. The molecule has 0 radical (unpaired) electrons. The van der Waals surface area contributed by atoms with Crippen molar-refractivity contribution in [2.45, 2.75) is 50.3 Å². The lowest BCUT2D eigenvalue weighted by Gasteiger charge is -2.27. The van der Waals surface area contributed by atoms with Gasteiger partial charge >= 0.3 is 0 Å². The number of amides is 1.